The van der Waals surface area contributed by atoms with Gasteiger partial charge in [0.05, 0.1) is 12.6 Å². The first-order valence-electron chi connectivity index (χ1n) is 9.51. The highest BCUT2D eigenvalue weighted by Crippen LogP contribution is 2.20. The molecule has 1 aromatic heterocycles. The molecule has 1 heterocycles. The topological polar surface area (TPSA) is 71.1 Å². The van der Waals surface area contributed by atoms with Gasteiger partial charge in [-0.3, -0.25) is 0 Å². The van der Waals surface area contributed by atoms with E-state index in [1.807, 2.05) is 62.4 Å². The maximum absolute atomic E-state index is 5.47. The van der Waals surface area contributed by atoms with Crippen LogP contribution in [0.25, 0.3) is 0 Å². The van der Waals surface area contributed by atoms with Gasteiger partial charge in [-0.2, -0.15) is 4.98 Å². The van der Waals surface area contributed by atoms with Crippen molar-refractivity contribution in [1.29, 1.82) is 0 Å². The zero-order chi connectivity index (χ0) is 20.6. The van der Waals surface area contributed by atoms with Crippen LogP contribution in [-0.2, 0) is 0 Å². The first-order chi connectivity index (χ1) is 14.0. The lowest BCUT2D eigenvalue weighted by Crippen LogP contribution is -2.31. The van der Waals surface area contributed by atoms with Crippen molar-refractivity contribution < 1.29 is 4.74 Å². The summed E-state index contributed by atoms with van der Waals surface area (Å²) in [6.45, 7) is 6.58. The van der Waals surface area contributed by atoms with E-state index >= 15 is 0 Å². The van der Waals surface area contributed by atoms with Crippen LogP contribution in [0.5, 0.6) is 5.75 Å². The zero-order valence-corrected chi connectivity index (χ0v) is 17.6. The largest absolute Gasteiger partial charge is 0.494 e. The van der Waals surface area contributed by atoms with Crippen LogP contribution >= 0.6 is 12.2 Å². The van der Waals surface area contributed by atoms with Crippen LogP contribution in [0.1, 0.15) is 31.1 Å². The molecule has 0 aliphatic carbocycles. The van der Waals surface area contributed by atoms with Gasteiger partial charge >= 0.3 is 0 Å². The minimum Gasteiger partial charge on any atom is -0.494 e. The predicted octanol–water partition coefficient (Wildman–Crippen LogP) is 4.97. The van der Waals surface area contributed by atoms with Gasteiger partial charge in [0.2, 0.25) is 5.95 Å². The summed E-state index contributed by atoms with van der Waals surface area (Å²) in [6, 6.07) is 19.8. The van der Waals surface area contributed by atoms with E-state index in [-0.39, 0.29) is 6.04 Å². The van der Waals surface area contributed by atoms with E-state index in [9.17, 15) is 0 Å². The Hall–Kier alpha value is -3.19. The Balaban J connectivity index is 1.64. The Bertz CT molecular complexity index is 947. The number of rotatable bonds is 7. The fraction of sp³-hybridized carbons (Fsp3) is 0.227. The van der Waals surface area contributed by atoms with Crippen LogP contribution in [-0.4, -0.2) is 21.7 Å². The Morgan fingerprint density at radius 3 is 2.48 bits per heavy atom. The van der Waals surface area contributed by atoms with Crippen molar-refractivity contribution in [2.24, 2.45) is 0 Å². The normalized spacial score (nSPS) is 11.4. The van der Waals surface area contributed by atoms with Gasteiger partial charge in [0.25, 0.3) is 0 Å². The third kappa shape index (κ3) is 6.15. The van der Waals surface area contributed by atoms with Crippen LogP contribution in [0.15, 0.2) is 60.7 Å². The quantitative estimate of drug-likeness (QED) is 0.477. The fourth-order valence-electron chi connectivity index (χ4n) is 2.80. The molecule has 0 aliphatic heterocycles. The number of nitrogens with one attached hydrogen (secondary N) is 3. The number of hydrogen-bond acceptors (Lipinski definition) is 5. The second kappa shape index (κ2) is 9.84. The first-order valence-corrected chi connectivity index (χ1v) is 9.92. The van der Waals surface area contributed by atoms with Crippen LogP contribution in [0.4, 0.5) is 17.5 Å². The monoisotopic (exact) mass is 407 g/mol. The van der Waals surface area contributed by atoms with Gasteiger partial charge in [-0.1, -0.05) is 30.3 Å². The third-order valence-corrected chi connectivity index (χ3v) is 4.38. The summed E-state index contributed by atoms with van der Waals surface area (Å²) in [6.07, 6.45) is 0. The molecule has 3 aromatic rings. The standard InChI is InChI=1S/C22H25N5OS/c1-4-28-19-12-10-18(11-13-19)25-20-14-15(2)23-21(26-20)27-22(29)24-16(3)17-8-6-5-7-9-17/h5-14,16H,4H2,1-3H3,(H3,23,24,25,26,27,29). The molecule has 0 aliphatic rings. The lowest BCUT2D eigenvalue weighted by atomic mass is 10.1. The molecule has 6 nitrogen and oxygen atoms in total. The van der Waals surface area contributed by atoms with Gasteiger partial charge < -0.3 is 20.7 Å². The van der Waals surface area contributed by atoms with Gasteiger partial charge in [-0.25, -0.2) is 4.98 Å². The van der Waals surface area contributed by atoms with Gasteiger partial charge in [-0.05, 0) is 62.8 Å². The molecule has 0 amide bonds. The summed E-state index contributed by atoms with van der Waals surface area (Å²) >= 11 is 5.43. The van der Waals surface area contributed by atoms with Crippen molar-refractivity contribution in [1.82, 2.24) is 15.3 Å². The predicted molar refractivity (Wildman–Crippen MR) is 122 cm³/mol. The van der Waals surface area contributed by atoms with Crippen molar-refractivity contribution in [3.8, 4) is 5.75 Å². The molecule has 0 bridgehead atoms. The van der Waals surface area contributed by atoms with E-state index in [1.165, 1.54) is 0 Å². The van der Waals surface area contributed by atoms with Crippen molar-refractivity contribution in [3.05, 3.63) is 71.9 Å². The molecule has 150 valence electrons. The van der Waals surface area contributed by atoms with Gasteiger partial charge in [0.15, 0.2) is 5.11 Å². The molecule has 1 unspecified atom stereocenters. The molecule has 1 atom stereocenters. The van der Waals surface area contributed by atoms with Crippen molar-refractivity contribution >= 4 is 34.8 Å². The Kier molecular flexibility index (Phi) is 6.97. The highest BCUT2D eigenvalue weighted by molar-refractivity contribution is 7.80. The number of thiocarbonyl (C=S) groups is 1. The summed E-state index contributed by atoms with van der Waals surface area (Å²) in [5, 5.41) is 10.1. The number of aryl methyl sites for hydroxylation is 1. The lowest BCUT2D eigenvalue weighted by molar-refractivity contribution is 0.340. The summed E-state index contributed by atoms with van der Waals surface area (Å²) < 4.78 is 5.47. The second-order valence-electron chi connectivity index (χ2n) is 6.53. The zero-order valence-electron chi connectivity index (χ0n) is 16.8. The summed E-state index contributed by atoms with van der Waals surface area (Å²) in [5.74, 6) is 1.96. The minimum absolute atomic E-state index is 0.0717. The highest BCUT2D eigenvalue weighted by atomic mass is 32.1. The van der Waals surface area contributed by atoms with Crippen molar-refractivity contribution in [3.63, 3.8) is 0 Å². The Labute approximate surface area is 176 Å². The molecule has 2 aromatic carbocycles. The smallest absolute Gasteiger partial charge is 0.231 e. The molecular weight excluding hydrogens is 382 g/mol. The van der Waals surface area contributed by atoms with Crippen LogP contribution in [0.3, 0.4) is 0 Å². The molecule has 0 saturated carbocycles. The molecular formula is C22H25N5OS. The molecule has 0 radical (unpaired) electrons. The maximum Gasteiger partial charge on any atom is 0.231 e. The summed E-state index contributed by atoms with van der Waals surface area (Å²) in [4.78, 5) is 8.94. The number of ether oxygens (including phenoxy) is 1. The van der Waals surface area contributed by atoms with E-state index in [0.717, 1.165) is 22.7 Å². The van der Waals surface area contributed by atoms with E-state index in [4.69, 9.17) is 17.0 Å². The van der Waals surface area contributed by atoms with Crippen LogP contribution in [0, 0.1) is 6.92 Å². The van der Waals surface area contributed by atoms with E-state index in [2.05, 4.69) is 45.0 Å². The van der Waals surface area contributed by atoms with Gasteiger partial charge in [0, 0.05) is 17.4 Å². The molecule has 29 heavy (non-hydrogen) atoms. The molecule has 3 N–H and O–H groups in total. The molecule has 3 rings (SSSR count). The average Bonchev–Trinajstić information content (AvgIpc) is 2.70. The Morgan fingerprint density at radius 1 is 1.07 bits per heavy atom. The van der Waals surface area contributed by atoms with Gasteiger partial charge in [0.1, 0.15) is 11.6 Å². The SMILES string of the molecule is CCOc1ccc(Nc2cc(C)nc(NC(=S)NC(C)c3ccccc3)n2)cc1. The molecule has 7 heteroatoms. The summed E-state index contributed by atoms with van der Waals surface area (Å²) in [5.41, 5.74) is 2.89. The maximum atomic E-state index is 5.47. The van der Waals surface area contributed by atoms with E-state index in [1.54, 1.807) is 0 Å². The highest BCUT2D eigenvalue weighted by Gasteiger charge is 2.09. The minimum atomic E-state index is 0.0717. The Morgan fingerprint density at radius 2 is 1.79 bits per heavy atom. The van der Waals surface area contributed by atoms with Crippen LogP contribution in [0.2, 0.25) is 0 Å². The van der Waals surface area contributed by atoms with Gasteiger partial charge in [-0.15, -0.1) is 0 Å². The fourth-order valence-corrected chi connectivity index (χ4v) is 3.06. The van der Waals surface area contributed by atoms with Crippen LogP contribution < -0.4 is 20.7 Å². The lowest BCUT2D eigenvalue weighted by Gasteiger charge is -2.17. The third-order valence-electron chi connectivity index (χ3n) is 4.16. The molecule has 0 fully saturated rings. The van der Waals surface area contributed by atoms with E-state index in [0.29, 0.717) is 23.5 Å². The van der Waals surface area contributed by atoms with E-state index < -0.39 is 0 Å². The van der Waals surface area contributed by atoms with Crippen molar-refractivity contribution in [2.45, 2.75) is 26.8 Å². The van der Waals surface area contributed by atoms with Crippen molar-refractivity contribution in [2.75, 3.05) is 17.2 Å². The molecule has 0 spiro atoms. The molecule has 0 saturated heterocycles. The average molecular weight is 408 g/mol. The number of benzene rings is 2. The second-order valence-corrected chi connectivity index (χ2v) is 6.94. The summed E-state index contributed by atoms with van der Waals surface area (Å²) in [7, 11) is 0. The number of aromatic nitrogens is 2. The number of anilines is 3. The number of hydrogen-bond donors (Lipinski definition) is 3. The number of nitrogens with zero attached hydrogens (tertiary/aromatic N) is 2. The first kappa shape index (κ1) is 20.5.